The van der Waals surface area contributed by atoms with Gasteiger partial charge in [0, 0.05) is 44.0 Å². The quantitative estimate of drug-likeness (QED) is 0.208. The molecule has 0 aliphatic carbocycles. The Labute approximate surface area is 202 Å². The summed E-state index contributed by atoms with van der Waals surface area (Å²) in [5.74, 6) is 0. The van der Waals surface area contributed by atoms with E-state index in [0.717, 1.165) is 37.3 Å². The van der Waals surface area contributed by atoms with Crippen molar-refractivity contribution in [2.45, 2.75) is 12.8 Å². The minimum atomic E-state index is 0.795. The van der Waals surface area contributed by atoms with Crippen LogP contribution in [0.3, 0.4) is 0 Å². The molecule has 34 heavy (non-hydrogen) atoms. The number of anilines is 1. The summed E-state index contributed by atoms with van der Waals surface area (Å²) in [6.45, 7) is 1.77. The first-order chi connectivity index (χ1) is 16.8. The van der Waals surface area contributed by atoms with E-state index >= 15 is 0 Å². The summed E-state index contributed by atoms with van der Waals surface area (Å²) < 4.78 is 0. The number of para-hydroxylation sites is 1. The van der Waals surface area contributed by atoms with E-state index in [9.17, 15) is 0 Å². The van der Waals surface area contributed by atoms with Crippen LogP contribution in [0.5, 0.6) is 0 Å². The minimum absolute atomic E-state index is 0.795. The number of hydrogen-bond donors (Lipinski definition) is 0. The lowest BCUT2D eigenvalue weighted by Gasteiger charge is -2.18. The van der Waals surface area contributed by atoms with Gasteiger partial charge in [0.05, 0.1) is 11.4 Å². The van der Waals surface area contributed by atoms with E-state index in [0.29, 0.717) is 0 Å². The van der Waals surface area contributed by atoms with Gasteiger partial charge in [-0.1, -0.05) is 91.0 Å². The predicted molar refractivity (Wildman–Crippen MR) is 146 cm³/mol. The van der Waals surface area contributed by atoms with Crippen LogP contribution >= 0.6 is 0 Å². The first-order valence-corrected chi connectivity index (χ1v) is 11.9. The summed E-state index contributed by atoms with van der Waals surface area (Å²) in [6, 6.07) is 36.1. The third-order valence-corrected chi connectivity index (χ3v) is 6.28. The average Bonchev–Trinajstić information content (AvgIpc) is 3.33. The highest BCUT2D eigenvalue weighted by atomic mass is 15.1. The fraction of sp³-hybridized carbons (Fsp3) is 0.161. The zero-order valence-corrected chi connectivity index (χ0v) is 19.6. The molecule has 0 aromatic heterocycles. The highest BCUT2D eigenvalue weighted by Crippen LogP contribution is 2.42. The lowest BCUT2D eigenvalue weighted by Crippen LogP contribution is -2.19. The molecule has 0 atom stereocenters. The van der Waals surface area contributed by atoms with Crippen molar-refractivity contribution in [3.8, 4) is 22.3 Å². The van der Waals surface area contributed by atoms with Crippen LogP contribution < -0.4 is 4.90 Å². The second kappa shape index (κ2) is 10.3. The molecule has 0 spiro atoms. The van der Waals surface area contributed by atoms with Crippen LogP contribution in [-0.4, -0.2) is 32.1 Å². The van der Waals surface area contributed by atoms with Crippen molar-refractivity contribution < 1.29 is 0 Å². The molecule has 0 amide bonds. The monoisotopic (exact) mass is 443 g/mol. The third-order valence-electron chi connectivity index (χ3n) is 6.28. The van der Waals surface area contributed by atoms with Gasteiger partial charge in [-0.15, -0.1) is 0 Å². The van der Waals surface area contributed by atoms with E-state index in [4.69, 9.17) is 9.98 Å². The molecule has 0 unspecified atom stereocenters. The van der Waals surface area contributed by atoms with E-state index < -0.39 is 0 Å². The maximum atomic E-state index is 5.05. The number of rotatable bonds is 8. The van der Waals surface area contributed by atoms with Crippen molar-refractivity contribution in [2.75, 3.05) is 25.0 Å². The fourth-order valence-corrected chi connectivity index (χ4v) is 4.50. The molecule has 0 saturated heterocycles. The standard InChI is InChI=1S/C31H29N3/c1-34(27-16-9-4-10-17-27)21-11-20-32-23-26-22-30-28(24-12-5-2-6-13-24)18-19-29(31(30)33-26)25-14-7-3-8-15-25/h2-10,12-19,23H,11,20-22H2,1H3. The van der Waals surface area contributed by atoms with Gasteiger partial charge in [0.2, 0.25) is 0 Å². The highest BCUT2D eigenvalue weighted by Gasteiger charge is 2.21. The lowest BCUT2D eigenvalue weighted by molar-refractivity contribution is 0.798. The molecule has 4 aromatic carbocycles. The van der Waals surface area contributed by atoms with Gasteiger partial charge in [0.15, 0.2) is 0 Å². The SMILES string of the molecule is CN(CCCN=CC1=Nc2c(-c3ccccc3)ccc(-c3ccccc3)c2C1)c1ccccc1. The normalized spacial score (nSPS) is 12.6. The summed E-state index contributed by atoms with van der Waals surface area (Å²) in [5, 5.41) is 0. The van der Waals surface area contributed by atoms with Crippen LogP contribution in [0.15, 0.2) is 113 Å². The van der Waals surface area contributed by atoms with E-state index in [1.165, 1.54) is 33.5 Å². The van der Waals surface area contributed by atoms with E-state index in [2.05, 4.69) is 109 Å². The molecule has 1 aliphatic rings. The van der Waals surface area contributed by atoms with Crippen LogP contribution in [0.2, 0.25) is 0 Å². The molecule has 3 nitrogen and oxygen atoms in total. The van der Waals surface area contributed by atoms with Crippen molar-refractivity contribution in [3.63, 3.8) is 0 Å². The van der Waals surface area contributed by atoms with Gasteiger partial charge < -0.3 is 4.90 Å². The molecule has 0 fully saturated rings. The molecule has 0 bridgehead atoms. The predicted octanol–water partition coefficient (Wildman–Crippen LogP) is 7.25. The summed E-state index contributed by atoms with van der Waals surface area (Å²) >= 11 is 0. The van der Waals surface area contributed by atoms with Crippen molar-refractivity contribution in [1.82, 2.24) is 0 Å². The molecule has 0 N–H and O–H groups in total. The summed E-state index contributed by atoms with van der Waals surface area (Å²) in [6.07, 6.45) is 3.80. The van der Waals surface area contributed by atoms with Crippen LogP contribution in [0, 0.1) is 0 Å². The van der Waals surface area contributed by atoms with Crippen LogP contribution in [0.4, 0.5) is 11.4 Å². The van der Waals surface area contributed by atoms with Crippen molar-refractivity contribution in [3.05, 3.63) is 109 Å². The van der Waals surface area contributed by atoms with Gasteiger partial charge in [-0.3, -0.25) is 9.98 Å². The zero-order valence-electron chi connectivity index (χ0n) is 19.6. The van der Waals surface area contributed by atoms with Crippen molar-refractivity contribution >= 4 is 23.3 Å². The Morgan fingerprint density at radius 2 is 1.35 bits per heavy atom. The molecule has 1 heterocycles. The second-order valence-corrected chi connectivity index (χ2v) is 8.65. The Kier molecular flexibility index (Phi) is 6.62. The van der Waals surface area contributed by atoms with E-state index in [-0.39, 0.29) is 0 Å². The second-order valence-electron chi connectivity index (χ2n) is 8.65. The summed E-state index contributed by atoms with van der Waals surface area (Å²) in [5.41, 5.74) is 9.52. The van der Waals surface area contributed by atoms with Gasteiger partial charge >= 0.3 is 0 Å². The number of aliphatic imine (C=N–C) groups is 2. The van der Waals surface area contributed by atoms with E-state index in [1.54, 1.807) is 0 Å². The summed E-state index contributed by atoms with van der Waals surface area (Å²) in [4.78, 5) is 12.1. The molecule has 4 aromatic rings. The molecule has 1 aliphatic heterocycles. The average molecular weight is 444 g/mol. The maximum Gasteiger partial charge on any atom is 0.0754 e. The third kappa shape index (κ3) is 4.84. The topological polar surface area (TPSA) is 28.0 Å². The number of benzene rings is 4. The largest absolute Gasteiger partial charge is 0.375 e. The minimum Gasteiger partial charge on any atom is -0.375 e. The smallest absolute Gasteiger partial charge is 0.0754 e. The first kappa shape index (κ1) is 21.8. The highest BCUT2D eigenvalue weighted by molar-refractivity contribution is 6.34. The Morgan fingerprint density at radius 1 is 0.765 bits per heavy atom. The number of fused-ring (bicyclic) bond motifs is 1. The van der Waals surface area contributed by atoms with Gasteiger partial charge in [0.1, 0.15) is 0 Å². The number of hydrogen-bond acceptors (Lipinski definition) is 3. The zero-order chi connectivity index (χ0) is 23.2. The van der Waals surface area contributed by atoms with Crippen LogP contribution in [-0.2, 0) is 6.42 Å². The van der Waals surface area contributed by atoms with Crippen LogP contribution in [0.1, 0.15) is 12.0 Å². The lowest BCUT2D eigenvalue weighted by atomic mass is 9.92. The maximum absolute atomic E-state index is 5.05. The first-order valence-electron chi connectivity index (χ1n) is 11.9. The number of nitrogens with zero attached hydrogens (tertiary/aromatic N) is 3. The molecule has 5 rings (SSSR count). The molecular weight excluding hydrogens is 414 g/mol. The van der Waals surface area contributed by atoms with Crippen LogP contribution in [0.25, 0.3) is 22.3 Å². The van der Waals surface area contributed by atoms with Crippen molar-refractivity contribution in [1.29, 1.82) is 0 Å². The van der Waals surface area contributed by atoms with Crippen molar-refractivity contribution in [2.24, 2.45) is 9.98 Å². The van der Waals surface area contributed by atoms with Gasteiger partial charge in [-0.05, 0) is 40.8 Å². The van der Waals surface area contributed by atoms with E-state index in [1.807, 2.05) is 12.3 Å². The Balaban J connectivity index is 1.33. The molecular formula is C31H29N3. The van der Waals surface area contributed by atoms with Gasteiger partial charge in [-0.2, -0.15) is 0 Å². The van der Waals surface area contributed by atoms with Gasteiger partial charge in [-0.25, -0.2) is 0 Å². The Bertz CT molecular complexity index is 1290. The Morgan fingerprint density at radius 3 is 2.03 bits per heavy atom. The summed E-state index contributed by atoms with van der Waals surface area (Å²) in [7, 11) is 2.13. The Hall–Kier alpha value is -3.98. The molecule has 3 heteroatoms. The van der Waals surface area contributed by atoms with Gasteiger partial charge in [0.25, 0.3) is 0 Å². The molecule has 0 radical (unpaired) electrons. The molecule has 0 saturated carbocycles. The fourth-order valence-electron chi connectivity index (χ4n) is 4.50. The molecule has 168 valence electrons.